The van der Waals surface area contributed by atoms with Crippen LogP contribution in [-0.2, 0) is 4.79 Å². The van der Waals surface area contributed by atoms with Gasteiger partial charge in [-0.2, -0.15) is 0 Å². The maximum absolute atomic E-state index is 12.6. The summed E-state index contributed by atoms with van der Waals surface area (Å²) >= 11 is 0. The molecule has 1 amide bonds. The molecule has 0 spiro atoms. The van der Waals surface area contributed by atoms with E-state index in [9.17, 15) is 4.79 Å². The van der Waals surface area contributed by atoms with Crippen molar-refractivity contribution in [3.8, 4) is 0 Å². The maximum atomic E-state index is 12.6. The molecule has 2 atom stereocenters. The molecule has 0 aromatic rings. The largest absolute Gasteiger partial charge is 0.339 e. The lowest BCUT2D eigenvalue weighted by molar-refractivity contribution is -0.133. The Morgan fingerprint density at radius 1 is 1.05 bits per heavy atom. The molecule has 0 bridgehead atoms. The summed E-state index contributed by atoms with van der Waals surface area (Å²) in [4.78, 5) is 14.8. The molecule has 1 aliphatic carbocycles. The molecule has 2 saturated heterocycles. The van der Waals surface area contributed by atoms with Crippen LogP contribution in [0.3, 0.4) is 0 Å². The van der Waals surface area contributed by atoms with Gasteiger partial charge in [-0.15, -0.1) is 12.4 Å². The van der Waals surface area contributed by atoms with E-state index in [0.29, 0.717) is 11.9 Å². The number of rotatable bonds is 4. The SMILES string of the molecule is Cl.O=C(CCC1CCNC1)N1CCCC1C1CCCCC1. The van der Waals surface area contributed by atoms with Gasteiger partial charge in [0.15, 0.2) is 0 Å². The van der Waals surface area contributed by atoms with Crippen LogP contribution in [0.2, 0.25) is 0 Å². The summed E-state index contributed by atoms with van der Waals surface area (Å²) in [6, 6.07) is 0.588. The topological polar surface area (TPSA) is 32.3 Å². The molecule has 3 fully saturated rings. The minimum Gasteiger partial charge on any atom is -0.339 e. The number of nitrogens with one attached hydrogen (secondary N) is 1. The number of hydrogen-bond donors (Lipinski definition) is 1. The summed E-state index contributed by atoms with van der Waals surface area (Å²) in [6.45, 7) is 3.30. The first-order valence-electron chi connectivity index (χ1n) is 8.85. The second-order valence-corrected chi connectivity index (χ2v) is 7.09. The van der Waals surface area contributed by atoms with Crippen molar-refractivity contribution in [3.63, 3.8) is 0 Å². The fourth-order valence-corrected chi connectivity index (χ4v) is 4.54. The molecule has 1 saturated carbocycles. The van der Waals surface area contributed by atoms with E-state index < -0.39 is 0 Å². The van der Waals surface area contributed by atoms with Crippen molar-refractivity contribution < 1.29 is 4.79 Å². The zero-order valence-corrected chi connectivity index (χ0v) is 14.0. The Morgan fingerprint density at radius 2 is 1.86 bits per heavy atom. The van der Waals surface area contributed by atoms with Crippen LogP contribution < -0.4 is 5.32 Å². The van der Waals surface area contributed by atoms with Gasteiger partial charge in [-0.3, -0.25) is 4.79 Å². The lowest BCUT2D eigenvalue weighted by Gasteiger charge is -2.34. The van der Waals surface area contributed by atoms with Gasteiger partial charge >= 0.3 is 0 Å². The normalized spacial score (nSPS) is 30.4. The molecule has 0 radical (unpaired) electrons. The van der Waals surface area contributed by atoms with Gasteiger partial charge in [0.05, 0.1) is 0 Å². The minimum atomic E-state index is 0. The van der Waals surface area contributed by atoms with Gasteiger partial charge < -0.3 is 10.2 Å². The fraction of sp³-hybridized carbons (Fsp3) is 0.941. The molecule has 2 unspecified atom stereocenters. The quantitative estimate of drug-likeness (QED) is 0.863. The van der Waals surface area contributed by atoms with Crippen LogP contribution in [0.1, 0.15) is 64.2 Å². The number of amides is 1. The summed E-state index contributed by atoms with van der Waals surface area (Å²) in [5, 5.41) is 3.40. The Bertz CT molecular complexity index is 325. The Morgan fingerprint density at radius 3 is 2.57 bits per heavy atom. The van der Waals surface area contributed by atoms with Crippen molar-refractivity contribution in [2.45, 2.75) is 70.3 Å². The summed E-state index contributed by atoms with van der Waals surface area (Å²) in [6.07, 6.45) is 12.6. The van der Waals surface area contributed by atoms with Crippen LogP contribution in [0.15, 0.2) is 0 Å². The van der Waals surface area contributed by atoms with E-state index >= 15 is 0 Å². The molecule has 2 heterocycles. The van der Waals surface area contributed by atoms with E-state index in [1.807, 2.05) is 0 Å². The van der Waals surface area contributed by atoms with Gasteiger partial charge in [0.1, 0.15) is 0 Å². The van der Waals surface area contributed by atoms with Gasteiger partial charge in [0, 0.05) is 19.0 Å². The van der Waals surface area contributed by atoms with Crippen LogP contribution in [0.25, 0.3) is 0 Å². The average molecular weight is 315 g/mol. The second kappa shape index (κ2) is 8.38. The lowest BCUT2D eigenvalue weighted by atomic mass is 9.83. The van der Waals surface area contributed by atoms with Crippen LogP contribution in [0.5, 0.6) is 0 Å². The summed E-state index contributed by atoms with van der Waals surface area (Å²) < 4.78 is 0. The third kappa shape index (κ3) is 4.35. The van der Waals surface area contributed by atoms with E-state index in [1.165, 1.54) is 51.4 Å². The predicted molar refractivity (Wildman–Crippen MR) is 88.8 cm³/mol. The first-order chi connectivity index (χ1) is 9.84. The maximum Gasteiger partial charge on any atom is 0.222 e. The van der Waals surface area contributed by atoms with Crippen LogP contribution in [0, 0.1) is 11.8 Å². The van der Waals surface area contributed by atoms with Crippen molar-refractivity contribution in [1.82, 2.24) is 10.2 Å². The molecule has 3 nitrogen and oxygen atoms in total. The van der Waals surface area contributed by atoms with E-state index in [2.05, 4.69) is 10.2 Å². The van der Waals surface area contributed by atoms with Gasteiger partial charge in [-0.25, -0.2) is 0 Å². The zero-order chi connectivity index (χ0) is 13.8. The molecule has 122 valence electrons. The zero-order valence-electron chi connectivity index (χ0n) is 13.2. The smallest absolute Gasteiger partial charge is 0.222 e. The van der Waals surface area contributed by atoms with Crippen molar-refractivity contribution in [3.05, 3.63) is 0 Å². The van der Waals surface area contributed by atoms with Crippen LogP contribution in [0.4, 0.5) is 0 Å². The van der Waals surface area contributed by atoms with Gasteiger partial charge in [-0.1, -0.05) is 19.3 Å². The monoisotopic (exact) mass is 314 g/mol. The van der Waals surface area contributed by atoms with E-state index in [-0.39, 0.29) is 12.4 Å². The predicted octanol–water partition coefficient (Wildman–Crippen LogP) is 3.37. The first-order valence-corrected chi connectivity index (χ1v) is 8.85. The molecule has 4 heteroatoms. The fourth-order valence-electron chi connectivity index (χ4n) is 4.54. The number of carbonyl (C=O) groups is 1. The van der Waals surface area contributed by atoms with E-state index in [4.69, 9.17) is 0 Å². The Balaban J connectivity index is 0.00000161. The number of likely N-dealkylation sites (tertiary alicyclic amines) is 1. The summed E-state index contributed by atoms with van der Waals surface area (Å²) in [7, 11) is 0. The Labute approximate surface area is 135 Å². The first kappa shape index (κ1) is 17.1. The molecule has 1 N–H and O–H groups in total. The highest BCUT2D eigenvalue weighted by atomic mass is 35.5. The molecule has 0 aromatic heterocycles. The molecule has 21 heavy (non-hydrogen) atoms. The molecular formula is C17H31ClN2O. The van der Waals surface area contributed by atoms with Crippen LogP contribution in [-0.4, -0.2) is 36.5 Å². The van der Waals surface area contributed by atoms with Crippen molar-refractivity contribution in [2.75, 3.05) is 19.6 Å². The lowest BCUT2D eigenvalue weighted by Crippen LogP contribution is -2.40. The van der Waals surface area contributed by atoms with Gasteiger partial charge in [-0.05, 0) is 63.5 Å². The molecule has 0 aromatic carbocycles. The van der Waals surface area contributed by atoms with E-state index in [0.717, 1.165) is 44.3 Å². The molecule has 3 rings (SSSR count). The number of halogens is 1. The molecule has 3 aliphatic rings. The van der Waals surface area contributed by atoms with Crippen molar-refractivity contribution in [2.24, 2.45) is 11.8 Å². The number of nitrogens with zero attached hydrogens (tertiary/aromatic N) is 1. The third-order valence-corrected chi connectivity index (χ3v) is 5.74. The number of hydrogen-bond acceptors (Lipinski definition) is 2. The van der Waals surface area contributed by atoms with Gasteiger partial charge in [0.2, 0.25) is 5.91 Å². The second-order valence-electron chi connectivity index (χ2n) is 7.09. The molecular weight excluding hydrogens is 284 g/mol. The minimum absolute atomic E-state index is 0. The van der Waals surface area contributed by atoms with Crippen molar-refractivity contribution >= 4 is 18.3 Å². The van der Waals surface area contributed by atoms with E-state index in [1.54, 1.807) is 0 Å². The van der Waals surface area contributed by atoms with Crippen LogP contribution >= 0.6 is 12.4 Å². The Kier molecular flexibility index (Phi) is 6.81. The number of carbonyl (C=O) groups excluding carboxylic acids is 1. The van der Waals surface area contributed by atoms with Crippen molar-refractivity contribution in [1.29, 1.82) is 0 Å². The standard InChI is InChI=1S/C17H30N2O.ClH/c20-17(9-8-14-10-11-18-13-14)19-12-4-7-16(19)15-5-2-1-3-6-15;/h14-16,18H,1-13H2;1H. The highest BCUT2D eigenvalue weighted by molar-refractivity contribution is 5.85. The molecule has 2 aliphatic heterocycles. The van der Waals surface area contributed by atoms with Gasteiger partial charge in [0.25, 0.3) is 0 Å². The third-order valence-electron chi connectivity index (χ3n) is 5.74. The summed E-state index contributed by atoms with van der Waals surface area (Å²) in [5.41, 5.74) is 0. The summed E-state index contributed by atoms with van der Waals surface area (Å²) in [5.74, 6) is 2.00. The average Bonchev–Trinajstić information content (AvgIpc) is 3.17. The Hall–Kier alpha value is -0.280. The highest BCUT2D eigenvalue weighted by Crippen LogP contribution is 2.34. The highest BCUT2D eigenvalue weighted by Gasteiger charge is 2.34.